The van der Waals surface area contributed by atoms with Gasteiger partial charge in [0.2, 0.25) is 0 Å². The van der Waals surface area contributed by atoms with Gasteiger partial charge in [-0.2, -0.15) is 0 Å². The summed E-state index contributed by atoms with van der Waals surface area (Å²) in [4.78, 5) is 0. The second-order valence-electron chi connectivity index (χ2n) is 5.41. The van der Waals surface area contributed by atoms with Crippen molar-refractivity contribution < 1.29 is 4.74 Å². The number of nitrogens with one attached hydrogen (secondary N) is 1. The lowest BCUT2D eigenvalue weighted by atomic mass is 9.94. The molecule has 0 aromatic heterocycles. The Labute approximate surface area is 100 Å². The Morgan fingerprint density at radius 3 is 2.62 bits per heavy atom. The van der Waals surface area contributed by atoms with Crippen molar-refractivity contribution in [1.82, 2.24) is 5.32 Å². The van der Waals surface area contributed by atoms with E-state index < -0.39 is 0 Å². The van der Waals surface area contributed by atoms with Gasteiger partial charge in [0.1, 0.15) is 0 Å². The van der Waals surface area contributed by atoms with Crippen molar-refractivity contribution in [3.05, 3.63) is 11.6 Å². The normalized spacial score (nSPS) is 23.1. The van der Waals surface area contributed by atoms with Gasteiger partial charge in [-0.05, 0) is 18.8 Å². The molecule has 1 aliphatic rings. The van der Waals surface area contributed by atoms with E-state index in [-0.39, 0.29) is 0 Å². The number of hydrogen-bond donors (Lipinski definition) is 1. The Bertz CT molecular complexity index is 215. The van der Waals surface area contributed by atoms with Gasteiger partial charge < -0.3 is 10.1 Å². The van der Waals surface area contributed by atoms with E-state index in [4.69, 9.17) is 4.74 Å². The van der Waals surface area contributed by atoms with Gasteiger partial charge in [0, 0.05) is 25.1 Å². The summed E-state index contributed by atoms with van der Waals surface area (Å²) in [5, 5.41) is 3.51. The summed E-state index contributed by atoms with van der Waals surface area (Å²) < 4.78 is 5.52. The molecule has 0 saturated carbocycles. The summed E-state index contributed by atoms with van der Waals surface area (Å²) in [7, 11) is 0. The molecule has 94 valence electrons. The molecule has 1 saturated heterocycles. The number of ether oxygens (including phenoxy) is 1. The van der Waals surface area contributed by atoms with Crippen molar-refractivity contribution in [2.75, 3.05) is 19.8 Å². The molecule has 0 aromatic carbocycles. The van der Waals surface area contributed by atoms with Crippen LogP contribution in [0.2, 0.25) is 0 Å². The minimum absolute atomic E-state index is 0.560. The van der Waals surface area contributed by atoms with Crippen LogP contribution in [-0.2, 0) is 4.74 Å². The summed E-state index contributed by atoms with van der Waals surface area (Å²) in [6, 6.07) is 0.560. The van der Waals surface area contributed by atoms with Crippen LogP contribution in [-0.4, -0.2) is 25.8 Å². The largest absolute Gasteiger partial charge is 0.381 e. The summed E-state index contributed by atoms with van der Waals surface area (Å²) in [5.74, 6) is 1.27. The lowest BCUT2D eigenvalue weighted by Gasteiger charge is -2.22. The summed E-state index contributed by atoms with van der Waals surface area (Å²) in [6.45, 7) is 11.8. The maximum atomic E-state index is 5.52. The standard InChI is InChI=1S/C14H27NO/c1-11(2)14(9-15-12(3)4)8-13-6-5-7-16-10-13/h8,11-13,15H,5-7,9-10H2,1-4H3/b14-8+. The molecule has 0 aliphatic carbocycles. The zero-order chi connectivity index (χ0) is 12.0. The first-order chi connectivity index (χ1) is 7.59. The van der Waals surface area contributed by atoms with E-state index in [1.165, 1.54) is 18.4 Å². The van der Waals surface area contributed by atoms with Crippen LogP contribution in [0, 0.1) is 11.8 Å². The molecule has 0 bridgehead atoms. The second kappa shape index (κ2) is 7.08. The maximum absolute atomic E-state index is 5.52. The Morgan fingerprint density at radius 1 is 1.38 bits per heavy atom. The monoisotopic (exact) mass is 225 g/mol. The van der Waals surface area contributed by atoms with Crippen molar-refractivity contribution in [2.24, 2.45) is 11.8 Å². The molecule has 2 nitrogen and oxygen atoms in total. The molecular formula is C14H27NO. The van der Waals surface area contributed by atoms with Crippen molar-refractivity contribution in [2.45, 2.75) is 46.6 Å². The quantitative estimate of drug-likeness (QED) is 0.726. The van der Waals surface area contributed by atoms with Crippen LogP contribution in [0.15, 0.2) is 11.6 Å². The van der Waals surface area contributed by atoms with E-state index in [0.717, 1.165) is 19.8 Å². The molecule has 2 heteroatoms. The Morgan fingerprint density at radius 2 is 2.12 bits per heavy atom. The van der Waals surface area contributed by atoms with Crippen LogP contribution in [0.4, 0.5) is 0 Å². The van der Waals surface area contributed by atoms with Crippen LogP contribution >= 0.6 is 0 Å². The first kappa shape index (κ1) is 13.7. The third kappa shape index (κ3) is 5.13. The van der Waals surface area contributed by atoms with Crippen molar-refractivity contribution in [1.29, 1.82) is 0 Å². The molecule has 1 heterocycles. The highest BCUT2D eigenvalue weighted by atomic mass is 16.5. The second-order valence-corrected chi connectivity index (χ2v) is 5.41. The topological polar surface area (TPSA) is 21.3 Å². The molecule has 1 fully saturated rings. The average Bonchev–Trinajstić information content (AvgIpc) is 2.25. The Hall–Kier alpha value is -0.340. The van der Waals surface area contributed by atoms with Gasteiger partial charge in [-0.1, -0.05) is 39.3 Å². The molecule has 1 aliphatic heterocycles. The van der Waals surface area contributed by atoms with Gasteiger partial charge in [-0.25, -0.2) is 0 Å². The third-order valence-corrected chi connectivity index (χ3v) is 3.10. The van der Waals surface area contributed by atoms with Crippen molar-refractivity contribution >= 4 is 0 Å². The number of rotatable bonds is 5. The van der Waals surface area contributed by atoms with E-state index in [9.17, 15) is 0 Å². The summed E-state index contributed by atoms with van der Waals surface area (Å²) in [5.41, 5.74) is 1.53. The van der Waals surface area contributed by atoms with Gasteiger partial charge in [0.15, 0.2) is 0 Å². The molecule has 1 unspecified atom stereocenters. The first-order valence-corrected chi connectivity index (χ1v) is 6.61. The van der Waals surface area contributed by atoms with Crippen molar-refractivity contribution in [3.63, 3.8) is 0 Å². The fourth-order valence-electron chi connectivity index (χ4n) is 1.98. The Balaban J connectivity index is 2.49. The van der Waals surface area contributed by atoms with Crippen LogP contribution in [0.3, 0.4) is 0 Å². The highest BCUT2D eigenvalue weighted by Crippen LogP contribution is 2.19. The minimum atomic E-state index is 0.560. The van der Waals surface area contributed by atoms with Gasteiger partial charge >= 0.3 is 0 Å². The molecule has 1 atom stereocenters. The van der Waals surface area contributed by atoms with Gasteiger partial charge in [0.05, 0.1) is 6.61 Å². The summed E-state index contributed by atoms with van der Waals surface area (Å²) in [6.07, 6.45) is 4.95. The highest BCUT2D eigenvalue weighted by Gasteiger charge is 2.13. The van der Waals surface area contributed by atoms with Crippen LogP contribution in [0.1, 0.15) is 40.5 Å². The fourth-order valence-corrected chi connectivity index (χ4v) is 1.98. The molecule has 1 rings (SSSR count). The summed E-state index contributed by atoms with van der Waals surface area (Å²) >= 11 is 0. The highest BCUT2D eigenvalue weighted by molar-refractivity contribution is 5.09. The van der Waals surface area contributed by atoms with Crippen molar-refractivity contribution in [3.8, 4) is 0 Å². The zero-order valence-corrected chi connectivity index (χ0v) is 11.3. The van der Waals surface area contributed by atoms with E-state index >= 15 is 0 Å². The van der Waals surface area contributed by atoms with Crippen LogP contribution < -0.4 is 5.32 Å². The van der Waals surface area contributed by atoms with Gasteiger partial charge in [0.25, 0.3) is 0 Å². The molecule has 16 heavy (non-hydrogen) atoms. The Kier molecular flexibility index (Phi) is 6.07. The number of hydrogen-bond acceptors (Lipinski definition) is 2. The van der Waals surface area contributed by atoms with E-state index in [0.29, 0.717) is 17.9 Å². The molecule has 1 N–H and O–H groups in total. The van der Waals surface area contributed by atoms with E-state index in [1.807, 2.05) is 0 Å². The van der Waals surface area contributed by atoms with Crippen LogP contribution in [0.25, 0.3) is 0 Å². The lowest BCUT2D eigenvalue weighted by Crippen LogP contribution is -2.27. The maximum Gasteiger partial charge on any atom is 0.0528 e. The zero-order valence-electron chi connectivity index (χ0n) is 11.3. The first-order valence-electron chi connectivity index (χ1n) is 6.61. The fraction of sp³-hybridized carbons (Fsp3) is 0.857. The third-order valence-electron chi connectivity index (χ3n) is 3.10. The van der Waals surface area contributed by atoms with Gasteiger partial charge in [-0.3, -0.25) is 0 Å². The smallest absolute Gasteiger partial charge is 0.0528 e. The average molecular weight is 225 g/mol. The molecule has 0 aromatic rings. The van der Waals surface area contributed by atoms with Crippen LogP contribution in [0.5, 0.6) is 0 Å². The molecule has 0 amide bonds. The van der Waals surface area contributed by atoms with Gasteiger partial charge in [-0.15, -0.1) is 0 Å². The predicted octanol–water partition coefficient (Wildman–Crippen LogP) is 2.99. The minimum Gasteiger partial charge on any atom is -0.381 e. The molecule has 0 radical (unpaired) electrons. The van der Waals surface area contributed by atoms with E-state index in [1.54, 1.807) is 0 Å². The SMILES string of the molecule is CC(C)NC/C(=C\C1CCCOC1)C(C)C. The molecular weight excluding hydrogens is 198 g/mol. The molecule has 0 spiro atoms. The predicted molar refractivity (Wildman–Crippen MR) is 69.6 cm³/mol. The van der Waals surface area contributed by atoms with E-state index in [2.05, 4.69) is 39.1 Å². The lowest BCUT2D eigenvalue weighted by molar-refractivity contribution is 0.0706.